The van der Waals surface area contributed by atoms with E-state index in [-0.39, 0.29) is 5.41 Å². The lowest BCUT2D eigenvalue weighted by atomic mass is 9.88. The molecule has 0 amide bonds. The zero-order valence-electron chi connectivity index (χ0n) is 22.1. The van der Waals surface area contributed by atoms with Crippen LogP contribution >= 0.6 is 12.8 Å². The predicted molar refractivity (Wildman–Crippen MR) is 151 cm³/mol. The molecular formula is C27H44N6S. The Hall–Kier alpha value is -1.83. The average molecular weight is 485 g/mol. The van der Waals surface area contributed by atoms with Gasteiger partial charge in [-0.3, -0.25) is 4.99 Å². The third-order valence-corrected chi connectivity index (χ3v) is 7.26. The third kappa shape index (κ3) is 6.64. The number of nitrogens with two attached hydrogens (primary N) is 1. The van der Waals surface area contributed by atoms with Crippen LogP contribution < -0.4 is 10.6 Å². The summed E-state index contributed by atoms with van der Waals surface area (Å²) in [7, 11) is 0. The minimum absolute atomic E-state index is 0.271. The molecule has 2 aromatic rings. The summed E-state index contributed by atoms with van der Waals surface area (Å²) in [5.41, 5.74) is 11.8. The molecule has 1 aromatic carbocycles. The number of benzene rings is 1. The van der Waals surface area contributed by atoms with Gasteiger partial charge in [0.25, 0.3) is 0 Å². The van der Waals surface area contributed by atoms with E-state index < -0.39 is 0 Å². The van der Waals surface area contributed by atoms with Crippen LogP contribution in [0.4, 0.5) is 17.2 Å². The van der Waals surface area contributed by atoms with Crippen LogP contribution in [0.15, 0.2) is 23.2 Å². The molecule has 2 heterocycles. The number of hydrogen-bond acceptors (Lipinski definition) is 7. The van der Waals surface area contributed by atoms with E-state index in [2.05, 4.69) is 79.0 Å². The summed E-state index contributed by atoms with van der Waals surface area (Å²) in [6.07, 6.45) is 5.72. The molecule has 188 valence electrons. The van der Waals surface area contributed by atoms with Gasteiger partial charge in [0.2, 0.25) is 0 Å². The van der Waals surface area contributed by atoms with Crippen molar-refractivity contribution in [1.82, 2.24) is 14.4 Å². The summed E-state index contributed by atoms with van der Waals surface area (Å²) in [4.78, 5) is 12.0. The molecule has 3 rings (SSSR count). The normalized spacial score (nSPS) is 16.1. The number of piperazine rings is 1. The van der Waals surface area contributed by atoms with Gasteiger partial charge in [-0.25, -0.2) is 9.99 Å². The van der Waals surface area contributed by atoms with Crippen molar-refractivity contribution < 1.29 is 0 Å². The lowest BCUT2D eigenvalue weighted by molar-refractivity contribution is 0.0350. The molecule has 6 nitrogen and oxygen atoms in total. The number of fused-ring (bicyclic) bond motifs is 1. The molecule has 7 heteroatoms. The van der Waals surface area contributed by atoms with Crippen LogP contribution in [0.2, 0.25) is 0 Å². The van der Waals surface area contributed by atoms with Crippen molar-refractivity contribution in [3.63, 3.8) is 0 Å². The number of aliphatic imine (C=N–C) groups is 1. The number of nitrogen functional groups attached to an aromatic ring is 1. The van der Waals surface area contributed by atoms with Gasteiger partial charge in [0, 0.05) is 49.5 Å². The Morgan fingerprint density at radius 3 is 2.53 bits per heavy atom. The fraction of sp³-hybridized carbons (Fsp3) is 0.630. The van der Waals surface area contributed by atoms with Gasteiger partial charge in [0.05, 0.1) is 5.52 Å². The van der Waals surface area contributed by atoms with Crippen LogP contribution in [0.1, 0.15) is 72.3 Å². The van der Waals surface area contributed by atoms with E-state index in [9.17, 15) is 0 Å². The fourth-order valence-electron chi connectivity index (χ4n) is 4.87. The van der Waals surface area contributed by atoms with Crippen LogP contribution in [0.3, 0.4) is 0 Å². The Labute approximate surface area is 212 Å². The van der Waals surface area contributed by atoms with E-state index in [0.29, 0.717) is 5.82 Å². The second-order valence-electron chi connectivity index (χ2n) is 10.5. The Balaban J connectivity index is 1.75. The zero-order valence-corrected chi connectivity index (χ0v) is 23.0. The summed E-state index contributed by atoms with van der Waals surface area (Å²) in [5.74, 6) is 0.516. The van der Waals surface area contributed by atoms with Crippen molar-refractivity contribution in [2.24, 2.45) is 10.4 Å². The average Bonchev–Trinajstić information content (AvgIpc) is 2.80. The first-order chi connectivity index (χ1) is 16.1. The first-order valence-corrected chi connectivity index (χ1v) is 13.3. The first kappa shape index (κ1) is 26.8. The molecule has 0 spiro atoms. The number of aromatic nitrogens is 1. The summed E-state index contributed by atoms with van der Waals surface area (Å²) in [5, 5.41) is 3.51. The van der Waals surface area contributed by atoms with Crippen molar-refractivity contribution in [1.29, 1.82) is 0 Å². The highest BCUT2D eigenvalue weighted by Gasteiger charge is 2.26. The highest BCUT2D eigenvalue weighted by Crippen LogP contribution is 2.34. The van der Waals surface area contributed by atoms with Crippen LogP contribution in [-0.4, -0.2) is 52.8 Å². The smallest absolute Gasteiger partial charge is 0.150 e. The van der Waals surface area contributed by atoms with E-state index in [0.717, 1.165) is 79.9 Å². The number of hydrazine groups is 1. The lowest BCUT2D eigenvalue weighted by Crippen LogP contribution is -2.52. The largest absolute Gasteiger partial charge is 0.382 e. The Bertz CT molecular complexity index is 994. The van der Waals surface area contributed by atoms with Gasteiger partial charge in [0.15, 0.2) is 0 Å². The van der Waals surface area contributed by atoms with Gasteiger partial charge in [-0.2, -0.15) is 4.41 Å². The van der Waals surface area contributed by atoms with E-state index in [1.807, 2.05) is 0 Å². The Kier molecular flexibility index (Phi) is 9.24. The molecule has 0 radical (unpaired) electrons. The number of pyridine rings is 1. The number of nitrogens with zero attached hydrogens (tertiary/aromatic N) is 5. The topological polar surface area (TPSA) is 61.0 Å². The van der Waals surface area contributed by atoms with Crippen molar-refractivity contribution in [2.75, 3.05) is 43.4 Å². The number of anilines is 2. The minimum atomic E-state index is 0.271. The van der Waals surface area contributed by atoms with Crippen LogP contribution in [-0.2, 0) is 0 Å². The van der Waals surface area contributed by atoms with Gasteiger partial charge in [-0.15, -0.1) is 0 Å². The van der Waals surface area contributed by atoms with Crippen molar-refractivity contribution in [3.05, 3.63) is 23.8 Å². The fourth-order valence-corrected chi connectivity index (χ4v) is 5.43. The van der Waals surface area contributed by atoms with E-state index in [4.69, 9.17) is 23.5 Å². The summed E-state index contributed by atoms with van der Waals surface area (Å²) in [6.45, 7) is 18.2. The molecule has 1 fully saturated rings. The lowest BCUT2D eigenvalue weighted by Gasteiger charge is -2.42. The van der Waals surface area contributed by atoms with Gasteiger partial charge >= 0.3 is 0 Å². The van der Waals surface area contributed by atoms with Crippen molar-refractivity contribution in [2.45, 2.75) is 73.6 Å². The van der Waals surface area contributed by atoms with Crippen molar-refractivity contribution >= 4 is 46.6 Å². The van der Waals surface area contributed by atoms with Gasteiger partial charge in [-0.05, 0) is 62.3 Å². The zero-order chi connectivity index (χ0) is 24.9. The van der Waals surface area contributed by atoms with Crippen LogP contribution in [0.25, 0.3) is 10.9 Å². The molecule has 1 aromatic heterocycles. The van der Waals surface area contributed by atoms with Gasteiger partial charge in [0.1, 0.15) is 11.5 Å². The van der Waals surface area contributed by atoms with Gasteiger partial charge < -0.3 is 10.6 Å². The summed E-state index contributed by atoms with van der Waals surface area (Å²) in [6, 6.07) is 6.52. The highest BCUT2D eigenvalue weighted by atomic mass is 32.1. The van der Waals surface area contributed by atoms with E-state index >= 15 is 0 Å². The number of hydrogen-bond donors (Lipinski definition) is 2. The second-order valence-corrected chi connectivity index (χ2v) is 11.0. The molecule has 0 atom stereocenters. The Morgan fingerprint density at radius 1 is 1.18 bits per heavy atom. The maximum Gasteiger partial charge on any atom is 0.150 e. The molecule has 2 N–H and O–H groups in total. The quantitative estimate of drug-likeness (QED) is 0.301. The van der Waals surface area contributed by atoms with Crippen molar-refractivity contribution in [3.8, 4) is 0 Å². The Morgan fingerprint density at radius 2 is 1.88 bits per heavy atom. The van der Waals surface area contributed by atoms with Gasteiger partial charge in [-0.1, -0.05) is 53.4 Å². The molecule has 0 unspecified atom stereocenters. The number of thiol groups is 1. The molecule has 1 aliphatic heterocycles. The molecule has 1 saturated heterocycles. The number of rotatable bonds is 10. The minimum Gasteiger partial charge on any atom is -0.382 e. The SMILES string of the molecule is CCCCC(C)=Nc1c(N)nc2ccc(N3CCN(N(S)CC(C)(C)CCC)CC3)cc2c1C. The maximum absolute atomic E-state index is 6.31. The predicted octanol–water partition coefficient (Wildman–Crippen LogP) is 6.42. The van der Waals surface area contributed by atoms with Crippen LogP contribution in [0.5, 0.6) is 0 Å². The molecule has 34 heavy (non-hydrogen) atoms. The molecular weight excluding hydrogens is 440 g/mol. The number of unbranched alkanes of at least 4 members (excludes halogenated alkanes) is 1. The maximum atomic E-state index is 6.31. The monoisotopic (exact) mass is 484 g/mol. The molecule has 0 saturated carbocycles. The number of aryl methyl sites for hydroxylation is 1. The third-order valence-electron chi connectivity index (χ3n) is 6.86. The molecule has 0 aliphatic carbocycles. The molecule has 0 bridgehead atoms. The second kappa shape index (κ2) is 11.7. The standard InChI is InChI=1S/C27H44N6S/c1-7-9-10-20(3)29-25-21(4)23-18-22(11-12-24(23)30-26(25)28)31-14-16-32(17-15-31)33(34)19-27(5,6)13-8-2/h11-12,18,34H,7-10,13-17,19H2,1-6H3,(H2,28,30). The van der Waals surface area contributed by atoms with Crippen LogP contribution in [0, 0.1) is 12.3 Å². The summed E-state index contributed by atoms with van der Waals surface area (Å²) >= 11 is 4.82. The first-order valence-electron chi connectivity index (χ1n) is 12.9. The molecule has 1 aliphatic rings. The van der Waals surface area contributed by atoms with E-state index in [1.54, 1.807) is 0 Å². The van der Waals surface area contributed by atoms with E-state index in [1.165, 1.54) is 18.5 Å². The summed E-state index contributed by atoms with van der Waals surface area (Å²) < 4.78 is 2.13. The highest BCUT2D eigenvalue weighted by molar-refractivity contribution is 7.77.